The van der Waals surface area contributed by atoms with E-state index in [0.717, 1.165) is 6.42 Å². The number of rotatable bonds is 2. The van der Waals surface area contributed by atoms with Crippen LogP contribution in [-0.4, -0.2) is 11.7 Å². The molecule has 1 aromatic rings. The highest BCUT2D eigenvalue weighted by Crippen LogP contribution is 2.48. The smallest absolute Gasteiger partial charge is 0.145 e. The molecule has 0 spiro atoms. The summed E-state index contributed by atoms with van der Waals surface area (Å²) in [5.74, 6) is 0.0711. The molecule has 2 atom stereocenters. The average molecular weight is 201 g/mol. The van der Waals surface area contributed by atoms with Crippen molar-refractivity contribution in [1.29, 1.82) is 0 Å². The first-order valence-electron chi connectivity index (χ1n) is 4.28. The first-order valence-corrected chi connectivity index (χ1v) is 4.66. The maximum absolute atomic E-state index is 13.4. The van der Waals surface area contributed by atoms with E-state index >= 15 is 0 Å². The van der Waals surface area contributed by atoms with Gasteiger partial charge in [-0.3, -0.25) is 0 Å². The molecule has 3 heteroatoms. The van der Waals surface area contributed by atoms with Crippen molar-refractivity contribution in [3.05, 3.63) is 34.6 Å². The molecule has 1 saturated carbocycles. The van der Waals surface area contributed by atoms with E-state index in [1.54, 1.807) is 12.1 Å². The van der Waals surface area contributed by atoms with Gasteiger partial charge in [0.15, 0.2) is 0 Å². The van der Waals surface area contributed by atoms with E-state index in [-0.39, 0.29) is 29.3 Å². The summed E-state index contributed by atoms with van der Waals surface area (Å²) in [6, 6.07) is 5.02. The average Bonchev–Trinajstić information content (AvgIpc) is 2.89. The van der Waals surface area contributed by atoms with E-state index in [2.05, 4.69) is 0 Å². The molecule has 1 N–H and O–H groups in total. The third-order valence-corrected chi connectivity index (χ3v) is 2.83. The van der Waals surface area contributed by atoms with E-state index in [4.69, 9.17) is 16.7 Å². The van der Waals surface area contributed by atoms with Crippen LogP contribution in [0, 0.1) is 11.7 Å². The molecule has 0 amide bonds. The van der Waals surface area contributed by atoms with Crippen molar-refractivity contribution in [2.75, 3.05) is 6.61 Å². The predicted molar refractivity (Wildman–Crippen MR) is 49.3 cm³/mol. The summed E-state index contributed by atoms with van der Waals surface area (Å²) in [4.78, 5) is 0. The summed E-state index contributed by atoms with van der Waals surface area (Å²) < 4.78 is 13.4. The number of halogens is 2. The third kappa shape index (κ3) is 1.56. The number of aliphatic hydroxyl groups is 1. The topological polar surface area (TPSA) is 20.2 Å². The summed E-state index contributed by atoms with van der Waals surface area (Å²) in [7, 11) is 0. The molecular formula is C10H10ClFO. The molecule has 1 aromatic carbocycles. The lowest BCUT2D eigenvalue weighted by atomic mass is 10.1. The quantitative estimate of drug-likeness (QED) is 0.778. The van der Waals surface area contributed by atoms with Crippen LogP contribution >= 0.6 is 11.6 Å². The van der Waals surface area contributed by atoms with E-state index < -0.39 is 0 Å². The highest BCUT2D eigenvalue weighted by atomic mass is 35.5. The van der Waals surface area contributed by atoms with E-state index in [9.17, 15) is 4.39 Å². The molecular weight excluding hydrogens is 191 g/mol. The second kappa shape index (κ2) is 3.28. The molecule has 1 aliphatic carbocycles. The molecule has 0 radical (unpaired) electrons. The highest BCUT2D eigenvalue weighted by Gasteiger charge is 2.39. The zero-order valence-electron chi connectivity index (χ0n) is 7.00. The minimum Gasteiger partial charge on any atom is -0.396 e. The lowest BCUT2D eigenvalue weighted by molar-refractivity contribution is 0.273. The molecule has 0 heterocycles. The molecule has 2 rings (SSSR count). The Morgan fingerprint density at radius 1 is 1.54 bits per heavy atom. The van der Waals surface area contributed by atoms with E-state index in [0.29, 0.717) is 5.56 Å². The molecule has 0 aromatic heterocycles. The van der Waals surface area contributed by atoms with Crippen molar-refractivity contribution in [3.63, 3.8) is 0 Å². The lowest BCUT2D eigenvalue weighted by Crippen LogP contribution is -1.92. The summed E-state index contributed by atoms with van der Waals surface area (Å²) in [6.07, 6.45) is 0.869. The highest BCUT2D eigenvalue weighted by molar-refractivity contribution is 6.30. The predicted octanol–water partition coefficient (Wildman–Crippen LogP) is 2.57. The molecule has 0 aliphatic heterocycles. The molecule has 1 aliphatic rings. The Kier molecular flexibility index (Phi) is 2.26. The Hall–Kier alpha value is -0.600. The first kappa shape index (κ1) is 8.97. The van der Waals surface area contributed by atoms with Crippen molar-refractivity contribution in [2.45, 2.75) is 12.3 Å². The zero-order valence-corrected chi connectivity index (χ0v) is 7.76. The van der Waals surface area contributed by atoms with Gasteiger partial charge in [-0.1, -0.05) is 23.7 Å². The van der Waals surface area contributed by atoms with Gasteiger partial charge in [0.05, 0.1) is 5.02 Å². The minimum atomic E-state index is -0.329. The molecule has 1 fully saturated rings. The Labute approximate surface area is 81.1 Å². The van der Waals surface area contributed by atoms with Gasteiger partial charge in [-0.15, -0.1) is 0 Å². The van der Waals surface area contributed by atoms with Crippen LogP contribution in [0.5, 0.6) is 0 Å². The summed E-state index contributed by atoms with van der Waals surface area (Å²) in [5, 5.41) is 9.01. The SMILES string of the molecule is OCC1CC1c1cccc(Cl)c1F. The normalized spacial score (nSPS) is 26.1. The minimum absolute atomic E-state index is 0.136. The van der Waals surface area contributed by atoms with Gasteiger partial charge in [0.2, 0.25) is 0 Å². The zero-order chi connectivity index (χ0) is 9.42. The van der Waals surface area contributed by atoms with Crippen LogP contribution in [0.4, 0.5) is 4.39 Å². The Balaban J connectivity index is 2.27. The lowest BCUT2D eigenvalue weighted by Gasteiger charge is -2.02. The largest absolute Gasteiger partial charge is 0.396 e. The molecule has 2 unspecified atom stereocenters. The van der Waals surface area contributed by atoms with Gasteiger partial charge in [-0.05, 0) is 29.9 Å². The Morgan fingerprint density at radius 2 is 2.31 bits per heavy atom. The van der Waals surface area contributed by atoms with Gasteiger partial charge < -0.3 is 5.11 Å². The van der Waals surface area contributed by atoms with Gasteiger partial charge in [0.1, 0.15) is 5.82 Å². The number of hydrogen-bond donors (Lipinski definition) is 1. The molecule has 0 saturated heterocycles. The van der Waals surface area contributed by atoms with E-state index in [1.165, 1.54) is 6.07 Å². The van der Waals surface area contributed by atoms with Crippen molar-refractivity contribution in [2.24, 2.45) is 5.92 Å². The number of aliphatic hydroxyl groups excluding tert-OH is 1. The second-order valence-corrected chi connectivity index (χ2v) is 3.84. The number of hydrogen-bond acceptors (Lipinski definition) is 1. The molecule has 70 valence electrons. The fourth-order valence-electron chi connectivity index (χ4n) is 1.64. The van der Waals surface area contributed by atoms with Crippen molar-refractivity contribution in [3.8, 4) is 0 Å². The van der Waals surface area contributed by atoms with Gasteiger partial charge >= 0.3 is 0 Å². The summed E-state index contributed by atoms with van der Waals surface area (Å²) >= 11 is 5.64. The van der Waals surface area contributed by atoms with Crippen LogP contribution in [0.1, 0.15) is 17.9 Å². The van der Waals surface area contributed by atoms with Crippen LogP contribution in [0.2, 0.25) is 5.02 Å². The maximum Gasteiger partial charge on any atom is 0.145 e. The van der Waals surface area contributed by atoms with E-state index in [1.807, 2.05) is 0 Å². The van der Waals surface area contributed by atoms with Gasteiger partial charge in [0.25, 0.3) is 0 Å². The molecule has 13 heavy (non-hydrogen) atoms. The van der Waals surface area contributed by atoms with Crippen molar-refractivity contribution < 1.29 is 9.50 Å². The van der Waals surface area contributed by atoms with Crippen molar-refractivity contribution >= 4 is 11.6 Å². The summed E-state index contributed by atoms with van der Waals surface area (Å²) in [5.41, 5.74) is 0.645. The standard InChI is InChI=1S/C10H10ClFO/c11-9-3-1-2-7(10(9)12)8-4-6(8)5-13/h1-3,6,8,13H,4-5H2. The third-order valence-electron chi connectivity index (χ3n) is 2.54. The molecule has 0 bridgehead atoms. The second-order valence-electron chi connectivity index (χ2n) is 3.43. The van der Waals surface area contributed by atoms with Crippen molar-refractivity contribution in [1.82, 2.24) is 0 Å². The Bertz CT molecular complexity index is 327. The van der Waals surface area contributed by atoms with Gasteiger partial charge in [0, 0.05) is 6.61 Å². The monoisotopic (exact) mass is 200 g/mol. The van der Waals surface area contributed by atoms with Gasteiger partial charge in [-0.2, -0.15) is 0 Å². The van der Waals surface area contributed by atoms with Crippen LogP contribution < -0.4 is 0 Å². The molecule has 1 nitrogen and oxygen atoms in total. The van der Waals surface area contributed by atoms with Crippen LogP contribution in [0.3, 0.4) is 0 Å². The fraction of sp³-hybridized carbons (Fsp3) is 0.400. The van der Waals surface area contributed by atoms with Gasteiger partial charge in [-0.25, -0.2) is 4.39 Å². The maximum atomic E-state index is 13.4. The number of benzene rings is 1. The van der Waals surface area contributed by atoms with Crippen LogP contribution in [0.15, 0.2) is 18.2 Å². The van der Waals surface area contributed by atoms with Crippen LogP contribution in [-0.2, 0) is 0 Å². The summed E-state index contributed by atoms with van der Waals surface area (Å²) in [6.45, 7) is 0.136. The fourth-order valence-corrected chi connectivity index (χ4v) is 1.82. The Morgan fingerprint density at radius 3 is 2.92 bits per heavy atom. The first-order chi connectivity index (χ1) is 6.24. The van der Waals surface area contributed by atoms with Crippen LogP contribution in [0.25, 0.3) is 0 Å².